The van der Waals surface area contributed by atoms with Crippen LogP contribution in [0.3, 0.4) is 0 Å². The molecule has 0 spiro atoms. The van der Waals surface area contributed by atoms with E-state index in [1.54, 1.807) is 37.5 Å². The number of carbonyl (C=O) groups is 3. The topological polar surface area (TPSA) is 107 Å². The smallest absolute Gasteiger partial charge is 0.340 e. The second kappa shape index (κ2) is 9.40. The molecule has 0 radical (unpaired) electrons. The van der Waals surface area contributed by atoms with Gasteiger partial charge in [0.2, 0.25) is 5.91 Å². The van der Waals surface area contributed by atoms with E-state index in [1.807, 2.05) is 20.8 Å². The Bertz CT molecular complexity index is 897. The summed E-state index contributed by atoms with van der Waals surface area (Å²) in [4.78, 5) is 38.1. The number of likely N-dealkylation sites (N-methyl/N-ethyl adjacent to an activating group) is 1. The Hall–Kier alpha value is -3.10. The number of hydrogen-bond acceptors (Lipinski definition) is 6. The van der Waals surface area contributed by atoms with Crippen molar-refractivity contribution in [3.05, 3.63) is 34.8 Å². The highest BCUT2D eigenvalue weighted by atomic mass is 16.5. The lowest BCUT2D eigenvalue weighted by Gasteiger charge is -2.21. The van der Waals surface area contributed by atoms with Gasteiger partial charge in [0.1, 0.15) is 5.76 Å². The summed E-state index contributed by atoms with van der Waals surface area (Å²) in [5.41, 5.74) is 1.77. The maximum Gasteiger partial charge on any atom is 0.340 e. The van der Waals surface area contributed by atoms with Gasteiger partial charge in [0.05, 0.1) is 12.1 Å². The molecule has 9 heteroatoms. The van der Waals surface area contributed by atoms with Crippen LogP contribution < -0.4 is 5.32 Å². The maximum absolute atomic E-state index is 12.5. The van der Waals surface area contributed by atoms with Crippen molar-refractivity contribution in [2.75, 3.05) is 19.7 Å². The lowest BCUT2D eigenvalue weighted by atomic mass is 10.2. The maximum atomic E-state index is 12.5. The summed E-state index contributed by atoms with van der Waals surface area (Å²) in [7, 11) is 0. The Morgan fingerprint density at radius 2 is 1.93 bits per heavy atom. The molecule has 29 heavy (non-hydrogen) atoms. The van der Waals surface area contributed by atoms with E-state index in [-0.39, 0.29) is 18.5 Å². The Morgan fingerprint density at radius 1 is 1.24 bits per heavy atom. The van der Waals surface area contributed by atoms with Crippen LogP contribution in [0.4, 0.5) is 0 Å². The molecule has 0 aliphatic rings. The van der Waals surface area contributed by atoms with Crippen LogP contribution in [0.5, 0.6) is 0 Å². The van der Waals surface area contributed by atoms with E-state index in [4.69, 9.17) is 9.26 Å². The highest BCUT2D eigenvalue weighted by Crippen LogP contribution is 2.21. The molecule has 0 aliphatic heterocycles. The highest BCUT2D eigenvalue weighted by Gasteiger charge is 2.22. The van der Waals surface area contributed by atoms with Gasteiger partial charge in [0.15, 0.2) is 12.4 Å². The third-order valence-electron chi connectivity index (χ3n) is 4.34. The predicted molar refractivity (Wildman–Crippen MR) is 106 cm³/mol. The van der Waals surface area contributed by atoms with E-state index in [2.05, 4.69) is 10.5 Å². The van der Waals surface area contributed by atoms with Crippen molar-refractivity contribution in [3.8, 4) is 5.82 Å². The first-order valence-corrected chi connectivity index (χ1v) is 9.50. The summed E-state index contributed by atoms with van der Waals surface area (Å²) in [6.07, 6.45) is 0. The Kier molecular flexibility index (Phi) is 7.19. The number of rotatable bonds is 8. The average Bonchev–Trinajstić information content (AvgIpc) is 3.19. The molecule has 0 aliphatic carbocycles. The monoisotopic (exact) mass is 404 g/mol. The van der Waals surface area contributed by atoms with Crippen LogP contribution in [-0.2, 0) is 14.3 Å². The van der Waals surface area contributed by atoms with Gasteiger partial charge < -0.3 is 19.5 Å². The molecule has 2 aromatic rings. The molecule has 2 heterocycles. The van der Waals surface area contributed by atoms with Gasteiger partial charge >= 0.3 is 5.97 Å². The third-order valence-corrected chi connectivity index (χ3v) is 4.34. The molecule has 1 N–H and O–H groups in total. The van der Waals surface area contributed by atoms with Crippen molar-refractivity contribution >= 4 is 17.8 Å². The normalized spacial score (nSPS) is 10.9. The molecule has 0 fully saturated rings. The van der Waals surface area contributed by atoms with Crippen LogP contribution in [0.15, 0.2) is 16.7 Å². The summed E-state index contributed by atoms with van der Waals surface area (Å²) < 4.78 is 12.1. The van der Waals surface area contributed by atoms with E-state index in [9.17, 15) is 14.4 Å². The summed E-state index contributed by atoms with van der Waals surface area (Å²) >= 11 is 0. The van der Waals surface area contributed by atoms with Gasteiger partial charge in [0, 0.05) is 30.0 Å². The van der Waals surface area contributed by atoms with E-state index in [0.29, 0.717) is 29.4 Å². The summed E-state index contributed by atoms with van der Waals surface area (Å²) in [6.45, 7) is 10.7. The van der Waals surface area contributed by atoms with Gasteiger partial charge in [0.25, 0.3) is 5.91 Å². The molecular weight excluding hydrogens is 376 g/mol. The minimum Gasteiger partial charge on any atom is -0.452 e. The first kappa shape index (κ1) is 22.2. The van der Waals surface area contributed by atoms with E-state index < -0.39 is 18.5 Å². The zero-order valence-electron chi connectivity index (χ0n) is 17.7. The second-order valence-electron chi connectivity index (χ2n) is 7.12. The number of aryl methyl sites for hydroxylation is 2. The number of amides is 2. The molecule has 0 saturated carbocycles. The van der Waals surface area contributed by atoms with Crippen LogP contribution in [0.25, 0.3) is 5.82 Å². The summed E-state index contributed by atoms with van der Waals surface area (Å²) in [5, 5.41) is 6.70. The molecule has 0 unspecified atom stereocenters. The first-order chi connectivity index (χ1) is 13.6. The quantitative estimate of drug-likeness (QED) is 0.674. The van der Waals surface area contributed by atoms with Crippen molar-refractivity contribution in [1.82, 2.24) is 19.9 Å². The van der Waals surface area contributed by atoms with Crippen molar-refractivity contribution in [2.45, 2.75) is 47.6 Å². The number of aromatic nitrogens is 2. The summed E-state index contributed by atoms with van der Waals surface area (Å²) in [6, 6.07) is 3.43. The molecule has 2 aromatic heterocycles. The molecule has 0 bridgehead atoms. The van der Waals surface area contributed by atoms with Crippen LogP contribution in [-0.4, -0.2) is 58.1 Å². The molecule has 9 nitrogen and oxygen atoms in total. The van der Waals surface area contributed by atoms with Crippen molar-refractivity contribution < 1.29 is 23.6 Å². The van der Waals surface area contributed by atoms with Crippen LogP contribution in [0.2, 0.25) is 0 Å². The minimum atomic E-state index is -0.611. The molecular formula is C20H28N4O5. The lowest BCUT2D eigenvalue weighted by molar-refractivity contribution is -0.138. The molecule has 0 aromatic carbocycles. The van der Waals surface area contributed by atoms with Gasteiger partial charge in [-0.3, -0.25) is 14.2 Å². The van der Waals surface area contributed by atoms with Gasteiger partial charge in [-0.25, -0.2) is 4.79 Å². The fourth-order valence-electron chi connectivity index (χ4n) is 2.99. The van der Waals surface area contributed by atoms with Crippen molar-refractivity contribution in [3.63, 3.8) is 0 Å². The molecule has 2 amide bonds. The fourth-order valence-corrected chi connectivity index (χ4v) is 2.99. The highest BCUT2D eigenvalue weighted by molar-refractivity contribution is 5.93. The van der Waals surface area contributed by atoms with E-state index in [0.717, 1.165) is 5.69 Å². The zero-order chi connectivity index (χ0) is 21.7. The fraction of sp³-hybridized carbons (Fsp3) is 0.500. The van der Waals surface area contributed by atoms with Crippen LogP contribution >= 0.6 is 0 Å². The Balaban J connectivity index is 2.03. The number of nitrogens with zero attached hydrogens (tertiary/aromatic N) is 3. The first-order valence-electron chi connectivity index (χ1n) is 9.50. The van der Waals surface area contributed by atoms with Gasteiger partial charge in [-0.15, -0.1) is 0 Å². The van der Waals surface area contributed by atoms with Crippen molar-refractivity contribution in [1.29, 1.82) is 0 Å². The Labute approximate surface area is 170 Å². The largest absolute Gasteiger partial charge is 0.452 e. The van der Waals surface area contributed by atoms with Crippen LogP contribution in [0, 0.1) is 20.8 Å². The number of esters is 1. The van der Waals surface area contributed by atoms with Gasteiger partial charge in [-0.05, 0) is 47.6 Å². The SMILES string of the molecule is CCN(CC(=O)NC(C)C)C(=O)COC(=O)c1cc(C)n(-c2cc(C)on2)c1C. The minimum absolute atomic E-state index is 0.0158. The zero-order valence-corrected chi connectivity index (χ0v) is 17.7. The number of hydrogen-bond donors (Lipinski definition) is 1. The number of ether oxygens (including phenoxy) is 1. The van der Waals surface area contributed by atoms with Crippen molar-refractivity contribution in [2.24, 2.45) is 0 Å². The lowest BCUT2D eigenvalue weighted by Crippen LogP contribution is -2.44. The number of nitrogens with one attached hydrogen (secondary N) is 1. The average molecular weight is 404 g/mol. The predicted octanol–water partition coefficient (Wildman–Crippen LogP) is 1.92. The molecule has 158 valence electrons. The Morgan fingerprint density at radius 3 is 2.48 bits per heavy atom. The van der Waals surface area contributed by atoms with Crippen LogP contribution in [0.1, 0.15) is 48.3 Å². The van der Waals surface area contributed by atoms with Gasteiger partial charge in [-0.2, -0.15) is 0 Å². The second-order valence-corrected chi connectivity index (χ2v) is 7.12. The van der Waals surface area contributed by atoms with Gasteiger partial charge in [-0.1, -0.05) is 5.16 Å². The van der Waals surface area contributed by atoms with E-state index >= 15 is 0 Å². The molecule has 2 rings (SSSR count). The van der Waals surface area contributed by atoms with E-state index in [1.165, 1.54) is 4.90 Å². The summed E-state index contributed by atoms with van der Waals surface area (Å²) in [5.74, 6) is -0.0707. The third kappa shape index (κ3) is 5.46. The number of carbonyl (C=O) groups excluding carboxylic acids is 3. The molecule has 0 atom stereocenters. The molecule has 0 saturated heterocycles. The standard InChI is InChI=1S/C20H28N4O5/c1-7-23(10-18(25)21-12(2)3)19(26)11-28-20(27)16-8-13(4)24(15(16)6)17-9-14(5)29-22-17/h8-9,12H,7,10-11H2,1-6H3,(H,21,25).